The van der Waals surface area contributed by atoms with Gasteiger partial charge in [-0.3, -0.25) is 4.79 Å². The highest BCUT2D eigenvalue weighted by molar-refractivity contribution is 6.31. The molecule has 3 unspecified atom stereocenters. The lowest BCUT2D eigenvalue weighted by molar-refractivity contribution is -0.137. The molecule has 2 aromatic carbocycles. The molecule has 0 N–H and O–H groups in total. The second-order valence-corrected chi connectivity index (χ2v) is 13.5. The molecule has 2 aliphatic rings. The van der Waals surface area contributed by atoms with E-state index < -0.39 is 35.2 Å². The van der Waals surface area contributed by atoms with Crippen molar-refractivity contribution in [3.63, 3.8) is 0 Å². The number of aryl methyl sites for hydroxylation is 2. The van der Waals surface area contributed by atoms with Crippen LogP contribution < -0.4 is 0 Å². The molecule has 11 heteroatoms. The van der Waals surface area contributed by atoms with Crippen LogP contribution in [0, 0.1) is 31.4 Å². The van der Waals surface area contributed by atoms with Gasteiger partial charge < -0.3 is 14.5 Å². The molecule has 0 radical (unpaired) electrons. The highest BCUT2D eigenvalue weighted by Gasteiger charge is 2.45. The number of piperidine rings is 1. The van der Waals surface area contributed by atoms with Gasteiger partial charge >= 0.3 is 6.09 Å². The fourth-order valence-electron chi connectivity index (χ4n) is 6.47. The van der Waals surface area contributed by atoms with Gasteiger partial charge in [0.2, 0.25) is 5.91 Å². The van der Waals surface area contributed by atoms with E-state index >= 15 is 4.39 Å². The van der Waals surface area contributed by atoms with Crippen LogP contribution in [0.5, 0.6) is 0 Å². The quantitative estimate of drug-likeness (QED) is 0.306. The van der Waals surface area contributed by atoms with Crippen LogP contribution in [0.1, 0.15) is 81.1 Å². The Hall–Kier alpha value is -3.53. The molecule has 8 nitrogen and oxygen atoms in total. The van der Waals surface area contributed by atoms with Gasteiger partial charge in [-0.1, -0.05) is 17.7 Å². The molecular formula is C33H40ClF2N5O3. The topological polar surface area (TPSA) is 80.6 Å². The number of hydrogen-bond donors (Lipinski definition) is 0. The summed E-state index contributed by atoms with van der Waals surface area (Å²) in [6.07, 6.45) is 1.62. The number of aromatic nitrogens is 3. The van der Waals surface area contributed by atoms with Crippen molar-refractivity contribution in [3.8, 4) is 5.69 Å². The molecule has 1 aliphatic carbocycles. The molecule has 3 aromatic rings. The molecular weight excluding hydrogens is 588 g/mol. The zero-order valence-electron chi connectivity index (χ0n) is 26.1. The van der Waals surface area contributed by atoms with E-state index in [9.17, 15) is 14.0 Å². The normalized spacial score (nSPS) is 21.0. The Morgan fingerprint density at radius 3 is 2.39 bits per heavy atom. The van der Waals surface area contributed by atoms with E-state index in [1.165, 1.54) is 17.0 Å². The lowest BCUT2D eigenvalue weighted by Crippen LogP contribution is -2.43. The Kier molecular flexibility index (Phi) is 9.03. The van der Waals surface area contributed by atoms with E-state index in [2.05, 4.69) is 5.10 Å². The van der Waals surface area contributed by atoms with E-state index in [1.807, 2.05) is 41.6 Å². The average Bonchev–Trinajstić information content (AvgIpc) is 3.57. The predicted molar refractivity (Wildman–Crippen MR) is 164 cm³/mol. The van der Waals surface area contributed by atoms with Crippen molar-refractivity contribution >= 4 is 23.6 Å². The summed E-state index contributed by atoms with van der Waals surface area (Å²) in [5.74, 6) is -0.894. The first-order valence-electron chi connectivity index (χ1n) is 15.1. The van der Waals surface area contributed by atoms with E-state index in [4.69, 9.17) is 21.3 Å². The van der Waals surface area contributed by atoms with E-state index in [0.717, 1.165) is 23.1 Å². The predicted octanol–water partition coefficient (Wildman–Crippen LogP) is 6.95. The van der Waals surface area contributed by atoms with Gasteiger partial charge in [-0.15, -0.1) is 0 Å². The Bertz CT molecular complexity index is 1550. The summed E-state index contributed by atoms with van der Waals surface area (Å²) in [4.78, 5) is 35.1. The number of nitrogens with zero attached hydrogens (tertiary/aromatic N) is 5. The molecule has 2 heterocycles. The van der Waals surface area contributed by atoms with Crippen LogP contribution in [0.3, 0.4) is 0 Å². The molecule has 2 fully saturated rings. The van der Waals surface area contributed by atoms with Crippen molar-refractivity contribution in [1.82, 2.24) is 24.6 Å². The molecule has 1 aliphatic heterocycles. The molecule has 5 rings (SSSR count). The summed E-state index contributed by atoms with van der Waals surface area (Å²) in [6, 6.07) is 8.91. The second kappa shape index (κ2) is 12.5. The zero-order valence-corrected chi connectivity index (χ0v) is 26.9. The van der Waals surface area contributed by atoms with E-state index in [-0.39, 0.29) is 17.9 Å². The Labute approximate surface area is 262 Å². The summed E-state index contributed by atoms with van der Waals surface area (Å²) in [7, 11) is 1.65. The molecule has 1 saturated carbocycles. The Morgan fingerprint density at radius 2 is 1.75 bits per heavy atom. The number of halogens is 3. The lowest BCUT2D eigenvalue weighted by Gasteiger charge is -2.34. The van der Waals surface area contributed by atoms with Crippen molar-refractivity contribution < 1.29 is 23.1 Å². The third-order valence-corrected chi connectivity index (χ3v) is 9.17. The van der Waals surface area contributed by atoms with Crippen molar-refractivity contribution in [2.45, 2.75) is 83.8 Å². The third kappa shape index (κ3) is 6.75. The molecule has 2 amide bonds. The Morgan fingerprint density at radius 1 is 1.05 bits per heavy atom. The highest BCUT2D eigenvalue weighted by atomic mass is 35.5. The zero-order chi connectivity index (χ0) is 31.9. The van der Waals surface area contributed by atoms with Gasteiger partial charge in [-0.05, 0) is 95.7 Å². The number of benzene rings is 2. The highest BCUT2D eigenvalue weighted by Crippen LogP contribution is 2.44. The summed E-state index contributed by atoms with van der Waals surface area (Å²) >= 11 is 6.25. The standard InChI is InChI=1S/C33H40ClF2N5O3/c1-19-15-23(8-10-28(19)34)41-30(37-20(2)38-41)21-11-13-40(14-12-21)31(42)27-18-24(39(6)32(43)44-33(3,4)5)17-26(27)25-9-7-22(35)16-29(25)36/h7-10,15-16,21,24,26-27H,11-14,17-18H2,1-6H3. The maximum atomic E-state index is 15.1. The summed E-state index contributed by atoms with van der Waals surface area (Å²) in [5, 5.41) is 5.32. The van der Waals surface area contributed by atoms with E-state index in [1.54, 1.807) is 27.8 Å². The van der Waals surface area contributed by atoms with Gasteiger partial charge in [0.25, 0.3) is 0 Å². The lowest BCUT2D eigenvalue weighted by atomic mass is 9.86. The monoisotopic (exact) mass is 627 g/mol. The van der Waals surface area contributed by atoms with Crippen molar-refractivity contribution in [3.05, 3.63) is 75.8 Å². The van der Waals surface area contributed by atoms with Crippen molar-refractivity contribution in [2.24, 2.45) is 5.92 Å². The summed E-state index contributed by atoms with van der Waals surface area (Å²) in [5.41, 5.74) is 1.45. The van der Waals surface area contributed by atoms with Gasteiger partial charge in [0.15, 0.2) is 0 Å². The van der Waals surface area contributed by atoms with Gasteiger partial charge in [-0.25, -0.2) is 23.2 Å². The second-order valence-electron chi connectivity index (χ2n) is 13.1. The SMILES string of the molecule is Cc1nc(C2CCN(C(=O)C3CC(N(C)C(=O)OC(C)(C)C)CC3c3ccc(F)cc3F)CC2)n(-c2ccc(Cl)c(C)c2)n1. The molecule has 44 heavy (non-hydrogen) atoms. The fourth-order valence-corrected chi connectivity index (χ4v) is 6.59. The fraction of sp³-hybridized carbons (Fsp3) is 0.515. The smallest absolute Gasteiger partial charge is 0.410 e. The van der Waals surface area contributed by atoms with Gasteiger partial charge in [-0.2, -0.15) is 5.10 Å². The van der Waals surface area contributed by atoms with Gasteiger partial charge in [0.1, 0.15) is 28.9 Å². The minimum atomic E-state index is -0.681. The van der Waals surface area contributed by atoms with Crippen LogP contribution in [-0.2, 0) is 9.53 Å². The molecule has 0 bridgehead atoms. The number of hydrogen-bond acceptors (Lipinski definition) is 5. The van der Waals surface area contributed by atoms with Gasteiger partial charge in [0.05, 0.1) is 5.69 Å². The number of likely N-dealkylation sites (tertiary alicyclic amines) is 1. The van der Waals surface area contributed by atoms with Gasteiger partial charge in [0, 0.05) is 55.0 Å². The summed E-state index contributed by atoms with van der Waals surface area (Å²) in [6.45, 7) is 10.2. The molecule has 1 aromatic heterocycles. The number of carbonyl (C=O) groups is 2. The minimum absolute atomic E-state index is 0.0803. The first-order chi connectivity index (χ1) is 20.7. The minimum Gasteiger partial charge on any atom is -0.444 e. The summed E-state index contributed by atoms with van der Waals surface area (Å²) < 4.78 is 36.3. The number of amides is 2. The first kappa shape index (κ1) is 31.9. The van der Waals surface area contributed by atoms with E-state index in [0.29, 0.717) is 55.2 Å². The maximum Gasteiger partial charge on any atom is 0.410 e. The largest absolute Gasteiger partial charge is 0.444 e. The molecule has 0 spiro atoms. The van der Waals surface area contributed by atoms with Crippen LogP contribution in [0.2, 0.25) is 5.02 Å². The number of rotatable bonds is 5. The van der Waals surface area contributed by atoms with Crippen molar-refractivity contribution in [2.75, 3.05) is 20.1 Å². The third-order valence-electron chi connectivity index (χ3n) is 8.74. The number of ether oxygens (including phenoxy) is 1. The van der Waals surface area contributed by atoms with Crippen LogP contribution >= 0.6 is 11.6 Å². The van der Waals surface area contributed by atoms with Crippen LogP contribution in [0.4, 0.5) is 13.6 Å². The van der Waals surface area contributed by atoms with Crippen LogP contribution in [0.25, 0.3) is 5.69 Å². The van der Waals surface area contributed by atoms with Crippen LogP contribution in [0.15, 0.2) is 36.4 Å². The molecule has 1 saturated heterocycles. The van der Waals surface area contributed by atoms with Crippen LogP contribution in [-0.4, -0.2) is 68.3 Å². The number of carbonyl (C=O) groups excluding carboxylic acids is 2. The average molecular weight is 628 g/mol. The van der Waals surface area contributed by atoms with Crippen molar-refractivity contribution in [1.29, 1.82) is 0 Å². The molecule has 3 atom stereocenters. The molecule has 236 valence electrons. The first-order valence-corrected chi connectivity index (χ1v) is 15.5. The Balaban J connectivity index is 1.34. The maximum absolute atomic E-state index is 15.1.